The molecule has 1 rings (SSSR count). The molecule has 0 aromatic heterocycles. The number of alkyl halides is 1. The minimum atomic E-state index is -1.14. The highest BCUT2D eigenvalue weighted by molar-refractivity contribution is 9.09. The van der Waals surface area contributed by atoms with Crippen molar-refractivity contribution in [2.24, 2.45) is 10.4 Å². The monoisotopic (exact) mass is 462 g/mol. The molecule has 0 aliphatic heterocycles. The van der Waals surface area contributed by atoms with E-state index in [0.717, 1.165) is 12.8 Å². The molecular weight excluding hydrogens is 431 g/mol. The number of carbonyl (C=O) groups is 2. The van der Waals surface area contributed by atoms with Crippen LogP contribution in [0.3, 0.4) is 0 Å². The van der Waals surface area contributed by atoms with Gasteiger partial charge < -0.3 is 10.4 Å². The second-order valence-corrected chi connectivity index (χ2v) is 8.81. The van der Waals surface area contributed by atoms with Crippen molar-refractivity contribution in [1.29, 1.82) is 0 Å². The Bertz CT molecular complexity index is 740. The number of hydrogen-bond donors (Lipinski definition) is 2. The molecule has 158 valence electrons. The summed E-state index contributed by atoms with van der Waals surface area (Å²) in [5.41, 5.74) is 3.45. The van der Waals surface area contributed by atoms with E-state index in [0.29, 0.717) is 29.6 Å². The number of nitrogens with zero attached hydrogens (tertiary/aromatic N) is 1. The highest BCUT2D eigenvalue weighted by Gasteiger charge is 2.26. The topological polar surface area (TPSA) is 78.8 Å². The summed E-state index contributed by atoms with van der Waals surface area (Å²) in [6.45, 7) is 12.5. The van der Waals surface area contributed by atoms with Gasteiger partial charge >= 0.3 is 5.97 Å². The number of allylic oxidation sites excluding steroid dienone is 2. The fraction of sp³-hybridized carbons (Fsp3) is 0.591. The normalized spacial score (nSPS) is 15.3. The maximum Gasteiger partial charge on any atom is 0.333 e. The van der Waals surface area contributed by atoms with Gasteiger partial charge in [0.05, 0.1) is 13.4 Å². The molecule has 7 heteroatoms. The van der Waals surface area contributed by atoms with Crippen molar-refractivity contribution in [2.75, 3.05) is 11.9 Å². The number of halogens is 1. The van der Waals surface area contributed by atoms with Gasteiger partial charge in [0, 0.05) is 17.6 Å². The number of nitrogens with one attached hydrogen (secondary N) is 1. The number of aliphatic imine (C=N–C) groups is 1. The smallest absolute Gasteiger partial charge is 0.333 e. The lowest BCUT2D eigenvalue weighted by Crippen LogP contribution is -2.33. The Kier molecular flexibility index (Phi) is 10.1. The van der Waals surface area contributed by atoms with Crippen LogP contribution in [0.5, 0.6) is 0 Å². The number of rotatable bonds is 10. The number of carboxylic acids is 1. The lowest BCUT2D eigenvalue weighted by atomic mass is 9.76. The van der Waals surface area contributed by atoms with E-state index in [2.05, 4.69) is 53.6 Å². The van der Waals surface area contributed by atoms with Crippen LogP contribution in [0.4, 0.5) is 0 Å². The lowest BCUT2D eigenvalue weighted by molar-refractivity contribution is -0.133. The molecule has 2 radical (unpaired) electrons. The highest BCUT2D eigenvalue weighted by atomic mass is 79.9. The molecule has 0 atom stereocenters. The molecule has 0 heterocycles. The van der Waals surface area contributed by atoms with Gasteiger partial charge in [-0.1, -0.05) is 62.2 Å². The largest absolute Gasteiger partial charge is 0.478 e. The molecule has 1 fully saturated rings. The fourth-order valence-electron chi connectivity index (χ4n) is 3.14. The average Bonchev–Trinajstić information content (AvgIpc) is 2.61. The van der Waals surface area contributed by atoms with Crippen LogP contribution in [0, 0.1) is 5.41 Å². The molecule has 0 saturated heterocycles. The zero-order valence-corrected chi connectivity index (χ0v) is 19.6. The maximum atomic E-state index is 13.0. The Hall–Kier alpha value is -1.63. The molecule has 2 N–H and O–H groups in total. The highest BCUT2D eigenvalue weighted by Crippen LogP contribution is 2.37. The number of carboxylic acid groups (broad SMARTS) is 1. The summed E-state index contributed by atoms with van der Waals surface area (Å²) < 4.78 is 0. The van der Waals surface area contributed by atoms with Crippen molar-refractivity contribution in [3.05, 3.63) is 34.6 Å². The van der Waals surface area contributed by atoms with Crippen LogP contribution in [-0.2, 0) is 9.59 Å². The summed E-state index contributed by atoms with van der Waals surface area (Å²) in [5, 5.41) is 13.0. The van der Waals surface area contributed by atoms with Crippen molar-refractivity contribution in [1.82, 2.24) is 5.32 Å². The Balaban J connectivity index is 3.30. The van der Waals surface area contributed by atoms with Crippen molar-refractivity contribution >= 4 is 41.4 Å². The summed E-state index contributed by atoms with van der Waals surface area (Å²) in [5.74, 6) is -1.64. The first kappa shape index (κ1) is 25.4. The first-order valence-corrected chi connectivity index (χ1v) is 11.2. The average molecular weight is 463 g/mol. The number of amides is 1. The third kappa shape index (κ3) is 7.29. The SMILES string of the molecule is [B]CC(=N/C(C(=O)NCC(=C1CCC1)C(C)(C)C)=C(\CCC)C(=O)O)C(=C)CBr. The summed E-state index contributed by atoms with van der Waals surface area (Å²) in [7, 11) is 5.77. The predicted octanol–water partition coefficient (Wildman–Crippen LogP) is 4.75. The zero-order valence-electron chi connectivity index (χ0n) is 18.0. The molecule has 1 amide bonds. The van der Waals surface area contributed by atoms with Crippen LogP contribution in [0.25, 0.3) is 0 Å². The van der Waals surface area contributed by atoms with Gasteiger partial charge in [0.15, 0.2) is 0 Å². The Morgan fingerprint density at radius 1 is 1.31 bits per heavy atom. The number of hydrogen-bond acceptors (Lipinski definition) is 3. The van der Waals surface area contributed by atoms with Gasteiger partial charge in [-0.15, -0.1) is 0 Å². The standard InChI is InChI=1S/C22H32BBrN2O3/c1-6-8-16(21(28)29)19(26-18(11-23)14(2)12-24)20(27)25-13-17(22(3,4)5)15-9-7-10-15/h2,6-13H2,1,3-5H3,(H,25,27)(H,28,29)/b19-16+,26-18?. The summed E-state index contributed by atoms with van der Waals surface area (Å²) >= 11 is 3.31. The van der Waals surface area contributed by atoms with E-state index < -0.39 is 11.9 Å². The van der Waals surface area contributed by atoms with Crippen molar-refractivity contribution in [2.45, 2.75) is 66.1 Å². The van der Waals surface area contributed by atoms with E-state index >= 15 is 0 Å². The van der Waals surface area contributed by atoms with Gasteiger partial charge in [0.1, 0.15) is 5.70 Å². The quantitative estimate of drug-likeness (QED) is 0.162. The molecule has 0 aromatic rings. The Morgan fingerprint density at radius 3 is 2.31 bits per heavy atom. The number of carbonyl (C=O) groups excluding carboxylic acids is 1. The van der Waals surface area contributed by atoms with Gasteiger partial charge in [-0.05, 0) is 48.6 Å². The first-order valence-electron chi connectivity index (χ1n) is 10.0. The van der Waals surface area contributed by atoms with Gasteiger partial charge in [-0.3, -0.25) is 4.79 Å². The molecule has 1 aliphatic carbocycles. The third-order valence-corrected chi connectivity index (χ3v) is 5.66. The van der Waals surface area contributed by atoms with Crippen LogP contribution >= 0.6 is 15.9 Å². The van der Waals surface area contributed by atoms with Crippen LogP contribution in [0.2, 0.25) is 6.32 Å². The maximum absolute atomic E-state index is 13.0. The molecule has 0 spiro atoms. The fourth-order valence-corrected chi connectivity index (χ4v) is 3.46. The third-order valence-electron chi connectivity index (χ3n) is 4.98. The molecule has 1 saturated carbocycles. The molecule has 0 bridgehead atoms. The van der Waals surface area contributed by atoms with Crippen molar-refractivity contribution < 1.29 is 14.7 Å². The minimum absolute atomic E-state index is 0.00747. The predicted molar refractivity (Wildman–Crippen MR) is 124 cm³/mol. The van der Waals surface area contributed by atoms with Crippen molar-refractivity contribution in [3.63, 3.8) is 0 Å². The summed E-state index contributed by atoms with van der Waals surface area (Å²) in [6, 6.07) is 0. The van der Waals surface area contributed by atoms with E-state index in [1.807, 2.05) is 6.92 Å². The van der Waals surface area contributed by atoms with Gasteiger partial charge in [-0.2, -0.15) is 0 Å². The van der Waals surface area contributed by atoms with E-state index in [1.165, 1.54) is 17.6 Å². The molecule has 0 aromatic carbocycles. The zero-order chi connectivity index (χ0) is 22.2. The Labute approximate surface area is 184 Å². The summed E-state index contributed by atoms with van der Waals surface area (Å²) in [4.78, 5) is 29.2. The van der Waals surface area contributed by atoms with E-state index in [4.69, 9.17) is 7.85 Å². The molecule has 29 heavy (non-hydrogen) atoms. The molecule has 5 nitrogen and oxygen atoms in total. The lowest BCUT2D eigenvalue weighted by Gasteiger charge is -2.31. The van der Waals surface area contributed by atoms with Crippen molar-refractivity contribution in [3.8, 4) is 0 Å². The summed E-state index contributed by atoms with van der Waals surface area (Å²) in [6.07, 6.45) is 4.18. The number of aliphatic carboxylic acids is 1. The van der Waals surface area contributed by atoms with Crippen LogP contribution in [-0.4, -0.2) is 42.4 Å². The molecule has 1 aliphatic rings. The second-order valence-electron chi connectivity index (χ2n) is 8.25. The van der Waals surface area contributed by atoms with E-state index in [1.54, 1.807) is 0 Å². The van der Waals surface area contributed by atoms with Gasteiger partial charge in [-0.25, -0.2) is 9.79 Å². The molecular formula is C22H32BBrN2O3. The molecule has 0 unspecified atom stereocenters. The van der Waals surface area contributed by atoms with E-state index in [9.17, 15) is 14.7 Å². The van der Waals surface area contributed by atoms with Gasteiger partial charge in [0.25, 0.3) is 5.91 Å². The first-order chi connectivity index (χ1) is 13.6. The van der Waals surface area contributed by atoms with Crippen LogP contribution in [0.1, 0.15) is 59.8 Å². The Morgan fingerprint density at radius 2 is 1.93 bits per heavy atom. The van der Waals surface area contributed by atoms with Crippen LogP contribution in [0.15, 0.2) is 39.6 Å². The van der Waals surface area contributed by atoms with Crippen LogP contribution < -0.4 is 5.32 Å². The van der Waals surface area contributed by atoms with E-state index in [-0.39, 0.29) is 29.4 Å². The second kappa shape index (κ2) is 11.5. The van der Waals surface area contributed by atoms with Gasteiger partial charge in [0.2, 0.25) is 0 Å². The minimum Gasteiger partial charge on any atom is -0.478 e.